The van der Waals surface area contributed by atoms with Gasteiger partial charge in [0.15, 0.2) is 0 Å². The Bertz CT molecular complexity index is 3690. The first-order valence-corrected chi connectivity index (χ1v) is 29.4. The molecule has 0 unspecified atom stereocenters. The van der Waals surface area contributed by atoms with Gasteiger partial charge in [-0.15, -0.1) is 22.1 Å². The molecule has 0 saturated carbocycles. The van der Waals surface area contributed by atoms with Crippen molar-refractivity contribution in [1.82, 2.24) is 19.9 Å². The maximum absolute atomic E-state index is 6.56. The molecule has 1 saturated heterocycles. The molecule has 7 aromatic rings. The van der Waals surface area contributed by atoms with E-state index >= 15 is 0 Å². The summed E-state index contributed by atoms with van der Waals surface area (Å²) in [7, 11) is -0.499. The summed E-state index contributed by atoms with van der Waals surface area (Å²) in [4.78, 5) is 23.1. The predicted molar refractivity (Wildman–Crippen MR) is 346 cm³/mol. The van der Waals surface area contributed by atoms with Crippen molar-refractivity contribution in [1.29, 1.82) is 0 Å². The summed E-state index contributed by atoms with van der Waals surface area (Å²) >= 11 is 0. The number of benzene rings is 4. The third-order valence-electron chi connectivity index (χ3n) is 17.2. The van der Waals surface area contributed by atoms with Gasteiger partial charge in [0.1, 0.15) is 0 Å². The van der Waals surface area contributed by atoms with Crippen molar-refractivity contribution >= 4 is 59.0 Å². The number of hydrogen-bond acceptors (Lipinski definition) is 4. The van der Waals surface area contributed by atoms with Crippen LogP contribution in [0, 0.1) is 0 Å². The minimum Gasteiger partial charge on any atom is -0.657 e. The third-order valence-corrected chi connectivity index (χ3v) is 17.2. The molecule has 10 rings (SSSR count). The number of fused-ring (bicyclic) bond motifs is 8. The standard InChI is InChI=1S/C74H87BN4O2.Zn/c1-67(2,3)48-35-45(36-49(41-48)68(4,5)6)64-57-29-27-55(76-57)63(44-23-25-54(26-24-44)75-80-73(19,20)74(21,22)81-75)56-28-30-58(77-56)65(46-37-50(69(7,8)9)42-51(38-46)70(10,11)12)60-32-34-62(79-60)66(61-33-31-59(64)78-61)47-39-52(71(13,14)15)43-53(40-47)72(16,17)18;/h23-43H,1-22H3;/q-2;+2. The second-order valence-electron chi connectivity index (χ2n) is 30.5. The van der Waals surface area contributed by atoms with E-state index in [-0.39, 0.29) is 52.0 Å². The van der Waals surface area contributed by atoms with Gasteiger partial charge in [-0.25, -0.2) is 9.97 Å². The molecular formula is C74H87BN4O2Zn. The van der Waals surface area contributed by atoms with E-state index in [9.17, 15) is 0 Å². The van der Waals surface area contributed by atoms with Crippen LogP contribution in [0.3, 0.4) is 0 Å². The summed E-state index contributed by atoms with van der Waals surface area (Å²) in [6.45, 7) is 49.8. The first kappa shape index (κ1) is 60.7. The van der Waals surface area contributed by atoms with Gasteiger partial charge in [0.05, 0.1) is 34.0 Å². The Morgan fingerprint density at radius 1 is 0.329 bits per heavy atom. The molecule has 6 nitrogen and oxygen atoms in total. The van der Waals surface area contributed by atoms with Crippen molar-refractivity contribution < 1.29 is 28.8 Å². The average molecular weight is 1140 g/mol. The molecule has 6 heterocycles. The summed E-state index contributed by atoms with van der Waals surface area (Å²) < 4.78 is 13.1. The van der Waals surface area contributed by atoms with Crippen LogP contribution in [0.1, 0.15) is 208 Å². The van der Waals surface area contributed by atoms with Crippen LogP contribution in [0.2, 0.25) is 0 Å². The van der Waals surface area contributed by atoms with Gasteiger partial charge in [0.2, 0.25) is 0 Å². The van der Waals surface area contributed by atoms with Crippen molar-refractivity contribution in [3.05, 3.63) is 159 Å². The molecule has 0 N–H and O–H groups in total. The van der Waals surface area contributed by atoms with E-state index in [4.69, 9.17) is 29.2 Å². The van der Waals surface area contributed by atoms with E-state index < -0.39 is 18.3 Å². The Morgan fingerprint density at radius 2 is 0.561 bits per heavy atom. The zero-order valence-corrected chi connectivity index (χ0v) is 56.5. The third kappa shape index (κ3) is 11.8. The minimum atomic E-state index is -0.499. The zero-order chi connectivity index (χ0) is 58.9. The summed E-state index contributed by atoms with van der Waals surface area (Å²) in [6.07, 6.45) is 8.76. The molecule has 0 aliphatic carbocycles. The molecule has 0 atom stereocenters. The molecule has 0 radical (unpaired) electrons. The normalized spacial score (nSPS) is 15.6. The molecular weight excluding hydrogens is 1050 g/mol. The fraction of sp³-hybridized carbons (Fsp3) is 0.405. The molecule has 8 heteroatoms. The number of rotatable bonds is 5. The predicted octanol–water partition coefficient (Wildman–Crippen LogP) is 18.7. The smallest absolute Gasteiger partial charge is 0.657 e. The van der Waals surface area contributed by atoms with Crippen LogP contribution in [0.25, 0.3) is 90.9 Å². The largest absolute Gasteiger partial charge is 2.00 e. The summed E-state index contributed by atoms with van der Waals surface area (Å²) in [5, 5.41) is 0. The van der Waals surface area contributed by atoms with Crippen LogP contribution in [0.15, 0.2) is 103 Å². The van der Waals surface area contributed by atoms with E-state index in [1.165, 1.54) is 33.4 Å². The van der Waals surface area contributed by atoms with Gasteiger partial charge in [0, 0.05) is 0 Å². The van der Waals surface area contributed by atoms with E-state index in [0.717, 1.165) is 94.8 Å². The Labute approximate surface area is 504 Å². The molecule has 0 spiro atoms. The SMILES string of the molecule is CC(C)(C)c1cc(-c2c3nc(c(-c4cc(C(C)(C)C)cc(C(C)(C)C)c4)c4ccc([n-]4)c(-c4cc(C(C)(C)C)cc(C(C)(C)C)c4)c4nc(c(-c5ccc(B6OC(C)(C)C(C)(C)O6)cc5)c5ccc2[n-]5)C=C4)C=C3)cc(C(C)(C)C)c1.[Zn+2]. The number of hydrogen-bond donors (Lipinski definition) is 0. The van der Waals surface area contributed by atoms with Crippen LogP contribution in [-0.4, -0.2) is 28.3 Å². The fourth-order valence-corrected chi connectivity index (χ4v) is 11.0. The Balaban J connectivity index is 0.00000810. The molecule has 420 valence electrons. The molecule has 82 heavy (non-hydrogen) atoms. The van der Waals surface area contributed by atoms with Crippen molar-refractivity contribution in [2.45, 2.75) is 196 Å². The van der Waals surface area contributed by atoms with Crippen molar-refractivity contribution in [3.8, 4) is 44.5 Å². The quantitative estimate of drug-likeness (QED) is 0.160. The molecule has 3 aromatic heterocycles. The first-order chi connectivity index (χ1) is 37.4. The van der Waals surface area contributed by atoms with Crippen molar-refractivity contribution in [3.63, 3.8) is 0 Å². The molecule has 8 bridgehead atoms. The van der Waals surface area contributed by atoms with E-state index in [2.05, 4.69) is 280 Å². The van der Waals surface area contributed by atoms with Crippen LogP contribution in [-0.2, 0) is 61.3 Å². The molecule has 3 aliphatic rings. The Morgan fingerprint density at radius 3 is 0.793 bits per heavy atom. The van der Waals surface area contributed by atoms with Gasteiger partial charge in [0.25, 0.3) is 0 Å². The summed E-state index contributed by atoms with van der Waals surface area (Å²) in [5.74, 6) is 0. The maximum Gasteiger partial charge on any atom is 2.00 e. The van der Waals surface area contributed by atoms with Crippen molar-refractivity contribution in [2.24, 2.45) is 0 Å². The molecule has 0 amide bonds. The van der Waals surface area contributed by atoms with Gasteiger partial charge < -0.3 is 19.3 Å². The fourth-order valence-electron chi connectivity index (χ4n) is 11.0. The average Bonchev–Trinajstić information content (AvgIpc) is 4.30. The van der Waals surface area contributed by atoms with E-state index in [1.807, 2.05) is 0 Å². The zero-order valence-electron chi connectivity index (χ0n) is 53.5. The maximum atomic E-state index is 6.56. The van der Waals surface area contributed by atoms with E-state index in [1.54, 1.807) is 0 Å². The summed E-state index contributed by atoms with van der Waals surface area (Å²) in [6, 6.07) is 38.7. The van der Waals surface area contributed by atoms with Gasteiger partial charge >= 0.3 is 26.6 Å². The van der Waals surface area contributed by atoms with Crippen LogP contribution >= 0.6 is 0 Å². The van der Waals surface area contributed by atoms with Gasteiger partial charge in [-0.1, -0.05) is 228 Å². The summed E-state index contributed by atoms with van der Waals surface area (Å²) in [5.41, 5.74) is 21.7. The second-order valence-corrected chi connectivity index (χ2v) is 30.5. The number of nitrogens with zero attached hydrogens (tertiary/aromatic N) is 4. The minimum absolute atomic E-state index is 0. The monoisotopic (exact) mass is 1140 g/mol. The molecule has 3 aliphatic heterocycles. The van der Waals surface area contributed by atoms with E-state index in [0.29, 0.717) is 0 Å². The second kappa shape index (κ2) is 20.7. The van der Waals surface area contributed by atoms with Gasteiger partial charge in [-0.2, -0.15) is 0 Å². The Hall–Kier alpha value is -5.91. The molecule has 1 fully saturated rings. The van der Waals surface area contributed by atoms with Crippen LogP contribution in [0.5, 0.6) is 0 Å². The number of aromatic nitrogens is 4. The topological polar surface area (TPSA) is 72.4 Å². The van der Waals surface area contributed by atoms with Crippen molar-refractivity contribution in [2.75, 3.05) is 0 Å². The van der Waals surface area contributed by atoms with Gasteiger partial charge in [-0.05, 0) is 168 Å². The van der Waals surface area contributed by atoms with Crippen LogP contribution < -0.4 is 15.4 Å². The van der Waals surface area contributed by atoms with Gasteiger partial charge in [-0.3, -0.25) is 0 Å². The van der Waals surface area contributed by atoms with Crippen LogP contribution in [0.4, 0.5) is 0 Å². The Kier molecular flexibility index (Phi) is 15.3. The molecule has 4 aromatic carbocycles. The first-order valence-electron chi connectivity index (χ1n) is 29.4.